The Balaban J connectivity index is 1.27. The second-order valence-corrected chi connectivity index (χ2v) is 20.3. The van der Waals surface area contributed by atoms with E-state index in [2.05, 4.69) is 89.3 Å². The fraction of sp³-hybridized carbons (Fsp3) is 0.341. The summed E-state index contributed by atoms with van der Waals surface area (Å²) in [5.41, 5.74) is 3.35. The summed E-state index contributed by atoms with van der Waals surface area (Å²) in [5.74, 6) is 1.05. The number of halogens is 1. The van der Waals surface area contributed by atoms with Crippen molar-refractivity contribution in [3.8, 4) is 11.5 Å². The second-order valence-electron chi connectivity index (χ2n) is 14.4. The van der Waals surface area contributed by atoms with Gasteiger partial charge in [0.1, 0.15) is 11.5 Å². The van der Waals surface area contributed by atoms with Gasteiger partial charge in [-0.2, -0.15) is 0 Å². The number of aliphatic hydroxyl groups excluding tert-OH is 1. The maximum absolute atomic E-state index is 15.1. The Labute approximate surface area is 320 Å². The minimum atomic E-state index is -2.34. The summed E-state index contributed by atoms with van der Waals surface area (Å²) < 4.78 is 21.6. The van der Waals surface area contributed by atoms with E-state index in [0.29, 0.717) is 31.0 Å². The number of benzene rings is 4. The molecule has 1 saturated heterocycles. The van der Waals surface area contributed by atoms with Crippen molar-refractivity contribution in [1.82, 2.24) is 15.0 Å². The minimum absolute atomic E-state index is 0.0366. The predicted molar refractivity (Wildman–Crippen MR) is 213 cm³/mol. The Morgan fingerprint density at radius 1 is 0.962 bits per heavy atom. The van der Waals surface area contributed by atoms with E-state index in [1.165, 1.54) is 5.19 Å². The number of methoxy groups -OCH3 is 2. The highest BCUT2D eigenvalue weighted by Gasteiger charge is 2.66. The highest BCUT2D eigenvalue weighted by atomic mass is 127. The van der Waals surface area contributed by atoms with Crippen LogP contribution in [0.3, 0.4) is 0 Å². The number of hydrogen-bond donors (Lipinski definition) is 1. The third-order valence-electron chi connectivity index (χ3n) is 11.2. The second kappa shape index (κ2) is 14.8. The number of carbonyl (C=O) groups is 1. The van der Waals surface area contributed by atoms with Crippen molar-refractivity contribution in [2.45, 2.75) is 62.7 Å². The Morgan fingerprint density at radius 3 is 2.33 bits per heavy atom. The van der Waals surface area contributed by atoms with Crippen LogP contribution in [0.2, 0.25) is 18.6 Å². The highest BCUT2D eigenvalue weighted by molar-refractivity contribution is 14.1. The molecule has 0 radical (unpaired) electrons. The summed E-state index contributed by atoms with van der Waals surface area (Å²) in [6.07, 6.45) is 2.30. The van der Waals surface area contributed by atoms with Crippen LogP contribution in [0, 0.1) is 9.49 Å². The lowest BCUT2D eigenvalue weighted by molar-refractivity contribution is -0.146. The zero-order valence-corrected chi connectivity index (χ0v) is 33.4. The number of fused-ring (bicyclic) bond motifs is 2. The first-order valence-electron chi connectivity index (χ1n) is 17.7. The Morgan fingerprint density at radius 2 is 1.65 bits per heavy atom. The maximum atomic E-state index is 15.1. The van der Waals surface area contributed by atoms with E-state index in [0.717, 1.165) is 31.7 Å². The Bertz CT molecular complexity index is 2020. The molecule has 0 saturated carbocycles. The van der Waals surface area contributed by atoms with Crippen molar-refractivity contribution < 1.29 is 24.1 Å². The van der Waals surface area contributed by atoms with Crippen molar-refractivity contribution in [1.29, 1.82) is 0 Å². The number of anilines is 1. The standard InChI is InChI=1S/C41H45IN4O5Si/c1-27-39(52(4,5)33-18-15-31(49-2)16-19-33)38(21-22-45-25-36(43-44-45)34(26-47)29-9-7-6-8-10-29)51-41(27)35-23-32(50-3)17-20-37(35)46(40(41)48)24-28-11-13-30(42)14-12-28/h6-20,23,25,27,34,38-39,47H,21-22,24,26H2,1-5H3/t27-,34?,38+,39-,41+/m1/s1. The summed E-state index contributed by atoms with van der Waals surface area (Å²) in [7, 11) is 1.000. The van der Waals surface area contributed by atoms with Gasteiger partial charge >= 0.3 is 0 Å². The molecule has 1 unspecified atom stereocenters. The lowest BCUT2D eigenvalue weighted by Gasteiger charge is -2.37. The average molecular weight is 829 g/mol. The highest BCUT2D eigenvalue weighted by Crippen LogP contribution is 2.60. The van der Waals surface area contributed by atoms with Crippen LogP contribution in [-0.2, 0) is 28.2 Å². The molecule has 0 bridgehead atoms. The number of ether oxygens (including phenoxy) is 3. The van der Waals surface area contributed by atoms with Crippen molar-refractivity contribution in [3.63, 3.8) is 0 Å². The summed E-state index contributed by atoms with van der Waals surface area (Å²) in [5, 5.41) is 20.5. The van der Waals surface area contributed by atoms with E-state index in [-0.39, 0.29) is 36.0 Å². The number of nitrogens with zero attached hydrogens (tertiary/aromatic N) is 4. The van der Waals surface area contributed by atoms with Crippen LogP contribution in [0.1, 0.15) is 41.6 Å². The fourth-order valence-corrected chi connectivity index (χ4v) is 12.9. The SMILES string of the molecule is COc1ccc([Si](C)(C)[C@H]2[C@H](CCn3cc(C(CO)c4ccccc4)nn3)O[C@@]3(C(=O)N(Cc4ccc(I)cc4)c4ccc(OC)cc43)[C@@H]2C)cc1. The first kappa shape index (κ1) is 36.3. The summed E-state index contributed by atoms with van der Waals surface area (Å²) >= 11 is 2.30. The lowest BCUT2D eigenvalue weighted by Crippen LogP contribution is -2.51. The van der Waals surface area contributed by atoms with Crippen LogP contribution < -0.4 is 19.6 Å². The topological polar surface area (TPSA) is 98.9 Å². The average Bonchev–Trinajstić information content (AvgIpc) is 3.82. The molecule has 52 heavy (non-hydrogen) atoms. The molecule has 1 spiro atoms. The third-order valence-corrected chi connectivity index (χ3v) is 16.3. The Kier molecular flexibility index (Phi) is 10.3. The van der Waals surface area contributed by atoms with Gasteiger partial charge in [0.25, 0.3) is 5.91 Å². The summed E-state index contributed by atoms with van der Waals surface area (Å²) in [4.78, 5) is 17.0. The number of amides is 1. The summed E-state index contributed by atoms with van der Waals surface area (Å²) in [6.45, 7) is 7.90. The zero-order chi connectivity index (χ0) is 36.6. The number of aromatic nitrogens is 3. The van der Waals surface area contributed by atoms with Gasteiger partial charge in [0.15, 0.2) is 5.60 Å². The molecule has 1 amide bonds. The molecule has 0 aliphatic carbocycles. The van der Waals surface area contributed by atoms with E-state index in [1.807, 2.05) is 76.4 Å². The lowest BCUT2D eigenvalue weighted by atomic mass is 9.82. The van der Waals surface area contributed by atoms with Gasteiger partial charge in [-0.25, -0.2) is 0 Å². The number of aliphatic hydroxyl groups is 1. The Hall–Kier alpha value is -4.04. The first-order valence-corrected chi connectivity index (χ1v) is 21.9. The van der Waals surface area contributed by atoms with E-state index < -0.39 is 13.7 Å². The zero-order valence-electron chi connectivity index (χ0n) is 30.2. The van der Waals surface area contributed by atoms with Gasteiger partial charge in [0.05, 0.1) is 58.8 Å². The number of hydrogen-bond acceptors (Lipinski definition) is 7. The molecule has 1 N–H and O–H groups in total. The van der Waals surface area contributed by atoms with Gasteiger partial charge in [0, 0.05) is 27.8 Å². The van der Waals surface area contributed by atoms with Crippen LogP contribution in [0.15, 0.2) is 103 Å². The normalized spacial score (nSPS) is 21.8. The first-order chi connectivity index (χ1) is 25.1. The predicted octanol–water partition coefficient (Wildman–Crippen LogP) is 6.88. The molecule has 2 aliphatic rings. The molecular weight excluding hydrogens is 783 g/mol. The molecule has 5 aromatic rings. The molecule has 9 nitrogen and oxygen atoms in total. The smallest absolute Gasteiger partial charge is 0.264 e. The molecule has 7 rings (SSSR count). The molecule has 1 aromatic heterocycles. The molecule has 1 fully saturated rings. The number of aryl methyl sites for hydroxylation is 1. The summed E-state index contributed by atoms with van der Waals surface area (Å²) in [6, 6.07) is 32.5. The van der Waals surface area contributed by atoms with Crippen LogP contribution in [0.4, 0.5) is 5.69 Å². The van der Waals surface area contributed by atoms with Crippen LogP contribution in [-0.4, -0.2) is 61.0 Å². The number of rotatable bonds is 12. The molecule has 4 aromatic carbocycles. The van der Waals surface area contributed by atoms with Gasteiger partial charge < -0.3 is 24.2 Å². The molecular formula is C41H45IN4O5Si. The van der Waals surface area contributed by atoms with E-state index in [1.54, 1.807) is 14.2 Å². The van der Waals surface area contributed by atoms with Crippen LogP contribution >= 0.6 is 22.6 Å². The monoisotopic (exact) mass is 828 g/mol. The molecule has 270 valence electrons. The van der Waals surface area contributed by atoms with Crippen molar-refractivity contribution in [2.75, 3.05) is 25.7 Å². The van der Waals surface area contributed by atoms with E-state index >= 15 is 4.79 Å². The van der Waals surface area contributed by atoms with Gasteiger partial charge in [-0.1, -0.05) is 85.0 Å². The minimum Gasteiger partial charge on any atom is -0.497 e. The van der Waals surface area contributed by atoms with Crippen LogP contribution in [0.5, 0.6) is 11.5 Å². The van der Waals surface area contributed by atoms with Gasteiger partial charge in [-0.15, -0.1) is 5.10 Å². The van der Waals surface area contributed by atoms with Gasteiger partial charge in [-0.05, 0) is 88.1 Å². The third kappa shape index (κ3) is 6.45. The number of carbonyl (C=O) groups excluding carboxylic acids is 1. The van der Waals surface area contributed by atoms with Crippen molar-refractivity contribution in [3.05, 3.63) is 129 Å². The van der Waals surface area contributed by atoms with Gasteiger partial charge in [-0.3, -0.25) is 9.48 Å². The largest absolute Gasteiger partial charge is 0.497 e. The fourth-order valence-electron chi connectivity index (χ4n) is 8.52. The molecule has 3 heterocycles. The van der Waals surface area contributed by atoms with Crippen molar-refractivity contribution in [2.24, 2.45) is 5.92 Å². The van der Waals surface area contributed by atoms with E-state index in [4.69, 9.17) is 14.2 Å². The molecule has 2 aliphatic heterocycles. The maximum Gasteiger partial charge on any atom is 0.264 e. The van der Waals surface area contributed by atoms with E-state index in [9.17, 15) is 5.11 Å². The molecule has 5 atom stereocenters. The van der Waals surface area contributed by atoms with Crippen molar-refractivity contribution >= 4 is 47.4 Å². The van der Waals surface area contributed by atoms with Gasteiger partial charge in [0.2, 0.25) is 0 Å². The van der Waals surface area contributed by atoms with Crippen LogP contribution in [0.25, 0.3) is 0 Å². The molecule has 11 heteroatoms. The quantitative estimate of drug-likeness (QED) is 0.108.